The molecule has 0 aliphatic rings. The molecule has 0 spiro atoms. The van der Waals surface area contributed by atoms with Gasteiger partial charge in [0.05, 0.1) is 0 Å². The van der Waals surface area contributed by atoms with E-state index in [0.29, 0.717) is 5.69 Å². The topological polar surface area (TPSA) is 77.5 Å². The lowest BCUT2D eigenvalue weighted by Gasteiger charge is -2.22. The zero-order chi connectivity index (χ0) is 16.8. The normalized spacial score (nSPS) is 12.4. The second-order valence-electron chi connectivity index (χ2n) is 5.74. The Balaban J connectivity index is 2.83. The monoisotopic (exact) mass is 328 g/mol. The van der Waals surface area contributed by atoms with Crippen molar-refractivity contribution in [2.75, 3.05) is 6.07 Å². The van der Waals surface area contributed by atoms with E-state index in [2.05, 4.69) is 10.3 Å². The number of halogens is 1. The van der Waals surface area contributed by atoms with Crippen molar-refractivity contribution in [3.05, 3.63) is 29.6 Å². The first-order valence-electron chi connectivity index (χ1n) is 6.85. The molecule has 0 aliphatic carbocycles. The van der Waals surface area contributed by atoms with E-state index >= 15 is 0 Å². The van der Waals surface area contributed by atoms with Crippen LogP contribution in [0.15, 0.2) is 18.3 Å². The number of pyridine rings is 1. The zero-order valence-corrected chi connectivity index (χ0v) is 13.9. The highest BCUT2D eigenvalue weighted by atomic mass is 35.5. The van der Waals surface area contributed by atoms with E-state index in [1.54, 1.807) is 33.0 Å². The molecule has 0 radical (unpaired) electrons. The van der Waals surface area contributed by atoms with Crippen LogP contribution >= 0.6 is 11.6 Å². The summed E-state index contributed by atoms with van der Waals surface area (Å²) in [7, 11) is 0. The van der Waals surface area contributed by atoms with Crippen molar-refractivity contribution in [2.24, 2.45) is 0 Å². The molecule has 0 aromatic carbocycles. The fraction of sp³-hybridized carbons (Fsp3) is 0.533. The summed E-state index contributed by atoms with van der Waals surface area (Å²) in [5.41, 5.74) is 0.943. The first kappa shape index (κ1) is 18.2. The lowest BCUT2D eigenvalue weighted by molar-refractivity contribution is -0.144. The van der Waals surface area contributed by atoms with E-state index < -0.39 is 23.7 Å². The van der Waals surface area contributed by atoms with Crippen molar-refractivity contribution >= 4 is 23.7 Å². The smallest absolute Gasteiger partial charge is 0.408 e. The van der Waals surface area contributed by atoms with Gasteiger partial charge in [-0.05, 0) is 39.3 Å². The number of alkyl carbamates (subject to hydrolysis) is 1. The molecule has 1 atom stereocenters. The second-order valence-corrected chi connectivity index (χ2v) is 5.96. The second kappa shape index (κ2) is 7.98. The van der Waals surface area contributed by atoms with E-state index in [1.165, 1.54) is 0 Å². The molecule has 22 heavy (non-hydrogen) atoms. The van der Waals surface area contributed by atoms with Crippen molar-refractivity contribution in [1.29, 1.82) is 0 Å². The Bertz CT molecular complexity index is 529. The maximum Gasteiger partial charge on any atom is 0.408 e. The molecule has 1 aromatic rings. The third-order valence-corrected chi connectivity index (χ3v) is 2.80. The third kappa shape index (κ3) is 6.30. The number of aromatic nitrogens is 1. The van der Waals surface area contributed by atoms with Gasteiger partial charge >= 0.3 is 12.1 Å². The Morgan fingerprint density at radius 2 is 2.09 bits per heavy atom. The van der Waals surface area contributed by atoms with Gasteiger partial charge in [0, 0.05) is 18.3 Å². The molecule has 1 aromatic heterocycles. The fourth-order valence-corrected chi connectivity index (χ4v) is 1.83. The summed E-state index contributed by atoms with van der Waals surface area (Å²) >= 11 is 5.42. The highest BCUT2D eigenvalue weighted by molar-refractivity contribution is 6.17. The third-order valence-electron chi connectivity index (χ3n) is 2.69. The van der Waals surface area contributed by atoms with Crippen LogP contribution in [0.1, 0.15) is 32.0 Å². The van der Waals surface area contributed by atoms with E-state index in [1.807, 2.05) is 13.0 Å². The summed E-state index contributed by atoms with van der Waals surface area (Å²) in [5, 5.41) is 2.50. The SMILES string of the molecule is Cc1cccnc1C[C@H](NC(=O)OC(C)(C)C)C(=O)OCCl. The predicted molar refractivity (Wildman–Crippen MR) is 82.6 cm³/mol. The first-order valence-corrected chi connectivity index (χ1v) is 7.39. The molecule has 1 heterocycles. The van der Waals surface area contributed by atoms with Gasteiger partial charge in [-0.3, -0.25) is 4.98 Å². The average molecular weight is 329 g/mol. The van der Waals surface area contributed by atoms with Gasteiger partial charge in [-0.2, -0.15) is 0 Å². The molecule has 122 valence electrons. The molecule has 0 unspecified atom stereocenters. The molecule has 7 heteroatoms. The van der Waals surface area contributed by atoms with Crippen LogP contribution in [0.25, 0.3) is 0 Å². The van der Waals surface area contributed by atoms with Gasteiger partial charge in [-0.25, -0.2) is 9.59 Å². The van der Waals surface area contributed by atoms with Crippen LogP contribution in [-0.4, -0.2) is 34.8 Å². The van der Waals surface area contributed by atoms with Crippen molar-refractivity contribution in [3.8, 4) is 0 Å². The van der Waals surface area contributed by atoms with Crippen LogP contribution in [0.3, 0.4) is 0 Å². The summed E-state index contributed by atoms with van der Waals surface area (Å²) in [6.45, 7) is 7.09. The molecule has 1 amide bonds. The summed E-state index contributed by atoms with van der Waals surface area (Å²) in [6.07, 6.45) is 1.12. The highest BCUT2D eigenvalue weighted by Crippen LogP contribution is 2.10. The molecule has 0 bridgehead atoms. The quantitative estimate of drug-likeness (QED) is 0.664. The maximum atomic E-state index is 12.0. The number of amides is 1. The number of esters is 1. The molecule has 0 saturated carbocycles. The average Bonchev–Trinajstić information content (AvgIpc) is 2.38. The Hall–Kier alpha value is -1.82. The zero-order valence-electron chi connectivity index (χ0n) is 13.2. The molecule has 1 rings (SSSR count). The van der Waals surface area contributed by atoms with Crippen molar-refractivity contribution in [3.63, 3.8) is 0 Å². The molecular formula is C15H21ClN2O4. The van der Waals surface area contributed by atoms with Crippen LogP contribution in [0, 0.1) is 6.92 Å². The Kier molecular flexibility index (Phi) is 6.61. The Morgan fingerprint density at radius 1 is 1.41 bits per heavy atom. The molecule has 0 aliphatic heterocycles. The molecule has 0 saturated heterocycles. The van der Waals surface area contributed by atoms with Crippen LogP contribution in [-0.2, 0) is 20.7 Å². The summed E-state index contributed by atoms with van der Waals surface area (Å²) < 4.78 is 9.93. The van der Waals surface area contributed by atoms with Crippen LogP contribution in [0.5, 0.6) is 0 Å². The van der Waals surface area contributed by atoms with Crippen molar-refractivity contribution in [2.45, 2.75) is 45.8 Å². The van der Waals surface area contributed by atoms with Gasteiger partial charge in [0.1, 0.15) is 11.6 Å². The lowest BCUT2D eigenvalue weighted by atomic mass is 10.1. The van der Waals surface area contributed by atoms with Crippen molar-refractivity contribution in [1.82, 2.24) is 10.3 Å². The van der Waals surface area contributed by atoms with Gasteiger partial charge in [-0.15, -0.1) is 0 Å². The number of alkyl halides is 1. The van der Waals surface area contributed by atoms with Gasteiger partial charge < -0.3 is 14.8 Å². The standard InChI is InChI=1S/C15H21ClN2O4/c1-10-6-5-7-17-11(10)8-12(13(19)21-9-16)18-14(20)22-15(2,3)4/h5-7,12H,8-9H2,1-4H3,(H,18,20)/t12-/m0/s1. The number of carbonyl (C=O) groups is 2. The van der Waals surface area contributed by atoms with E-state index in [0.717, 1.165) is 5.56 Å². The number of nitrogens with one attached hydrogen (secondary N) is 1. The number of aryl methyl sites for hydroxylation is 1. The lowest BCUT2D eigenvalue weighted by Crippen LogP contribution is -2.45. The summed E-state index contributed by atoms with van der Waals surface area (Å²) in [4.78, 5) is 28.0. The molecule has 6 nitrogen and oxygen atoms in total. The van der Waals surface area contributed by atoms with Gasteiger partial charge in [-0.1, -0.05) is 17.7 Å². The van der Waals surface area contributed by atoms with Gasteiger partial charge in [0.2, 0.25) is 0 Å². The van der Waals surface area contributed by atoms with Gasteiger partial charge in [0.15, 0.2) is 6.07 Å². The molecule has 1 N–H and O–H groups in total. The van der Waals surface area contributed by atoms with Crippen molar-refractivity contribution < 1.29 is 19.1 Å². The largest absolute Gasteiger partial charge is 0.448 e. The highest BCUT2D eigenvalue weighted by Gasteiger charge is 2.26. The minimum atomic E-state index is -0.915. The fourth-order valence-electron chi connectivity index (χ4n) is 1.72. The van der Waals surface area contributed by atoms with Crippen LogP contribution in [0.2, 0.25) is 0 Å². The number of nitrogens with zero attached hydrogens (tertiary/aromatic N) is 1. The number of hydrogen-bond donors (Lipinski definition) is 1. The Morgan fingerprint density at radius 3 is 2.64 bits per heavy atom. The number of hydrogen-bond acceptors (Lipinski definition) is 5. The minimum absolute atomic E-state index is 0.196. The minimum Gasteiger partial charge on any atom is -0.448 e. The van der Waals surface area contributed by atoms with E-state index in [4.69, 9.17) is 21.1 Å². The van der Waals surface area contributed by atoms with E-state index in [9.17, 15) is 9.59 Å². The van der Waals surface area contributed by atoms with Gasteiger partial charge in [0.25, 0.3) is 0 Å². The first-order chi connectivity index (χ1) is 10.2. The van der Waals surface area contributed by atoms with Crippen LogP contribution in [0.4, 0.5) is 4.79 Å². The number of rotatable bonds is 5. The maximum absolute atomic E-state index is 12.0. The van der Waals surface area contributed by atoms with E-state index in [-0.39, 0.29) is 12.5 Å². The number of ether oxygens (including phenoxy) is 2. The summed E-state index contributed by atoms with van der Waals surface area (Å²) in [5.74, 6) is -0.633. The Labute approximate surface area is 135 Å². The molecular weight excluding hydrogens is 308 g/mol. The summed E-state index contributed by atoms with van der Waals surface area (Å²) in [6, 6.07) is 2.47. The molecule has 0 fully saturated rings. The predicted octanol–water partition coefficient (Wildman–Crippen LogP) is 2.57. The number of carbonyl (C=O) groups excluding carboxylic acids is 2. The van der Waals surface area contributed by atoms with Crippen LogP contribution < -0.4 is 5.32 Å².